The number of carbonyl (C=O) groups excluding carboxylic acids is 1. The zero-order valence-corrected chi connectivity index (χ0v) is 15.8. The number of amides is 1. The van der Waals surface area contributed by atoms with Crippen LogP contribution in [0.5, 0.6) is 0 Å². The van der Waals surface area contributed by atoms with Crippen LogP contribution in [0.1, 0.15) is 5.56 Å². The van der Waals surface area contributed by atoms with E-state index in [0.717, 1.165) is 29.0 Å². The standard InChI is InChI=1S/C17H12BrF2N3O2S/c1-9-3-2-4-10(5-9)16-22-23-17(25-16)26-8-14(24)21-15-12(18)6-11(19)7-13(15)20/h2-7H,8H2,1H3,(H,21,24). The Labute approximate surface area is 160 Å². The molecule has 0 atom stereocenters. The van der Waals surface area contributed by atoms with Gasteiger partial charge < -0.3 is 9.73 Å². The minimum absolute atomic E-state index is 0.0707. The van der Waals surface area contributed by atoms with E-state index in [0.29, 0.717) is 12.0 Å². The third kappa shape index (κ3) is 4.47. The second-order valence-corrected chi connectivity index (χ2v) is 7.10. The molecule has 0 radical (unpaired) electrons. The number of aromatic nitrogens is 2. The van der Waals surface area contributed by atoms with Crippen molar-refractivity contribution in [3.8, 4) is 11.5 Å². The van der Waals surface area contributed by atoms with Crippen molar-refractivity contribution < 1.29 is 18.0 Å². The summed E-state index contributed by atoms with van der Waals surface area (Å²) in [6.07, 6.45) is 0. The Balaban J connectivity index is 1.62. The average Bonchev–Trinajstić information content (AvgIpc) is 3.05. The molecular weight excluding hydrogens is 428 g/mol. The minimum atomic E-state index is -0.866. The highest BCUT2D eigenvalue weighted by Gasteiger charge is 2.15. The molecule has 0 aliphatic heterocycles. The first kappa shape index (κ1) is 18.5. The SMILES string of the molecule is Cc1cccc(-c2nnc(SCC(=O)Nc3c(F)cc(F)cc3Br)o2)c1. The first-order chi connectivity index (χ1) is 12.4. The molecular formula is C17H12BrF2N3O2S. The summed E-state index contributed by atoms with van der Waals surface area (Å²) in [5.41, 5.74) is 1.72. The summed E-state index contributed by atoms with van der Waals surface area (Å²) in [7, 11) is 0. The van der Waals surface area contributed by atoms with Crippen LogP contribution < -0.4 is 5.32 Å². The summed E-state index contributed by atoms with van der Waals surface area (Å²) in [6.45, 7) is 1.95. The molecule has 3 aromatic rings. The molecule has 0 saturated carbocycles. The molecule has 26 heavy (non-hydrogen) atoms. The third-order valence-electron chi connectivity index (χ3n) is 3.27. The van der Waals surface area contributed by atoms with Gasteiger partial charge in [-0.25, -0.2) is 8.78 Å². The number of carbonyl (C=O) groups is 1. The highest BCUT2D eigenvalue weighted by molar-refractivity contribution is 9.10. The summed E-state index contributed by atoms with van der Waals surface area (Å²) in [4.78, 5) is 12.0. The molecule has 9 heteroatoms. The number of anilines is 1. The molecule has 0 bridgehead atoms. The number of nitrogens with one attached hydrogen (secondary N) is 1. The molecule has 0 saturated heterocycles. The average molecular weight is 440 g/mol. The van der Waals surface area contributed by atoms with Crippen molar-refractivity contribution in [3.05, 3.63) is 58.1 Å². The molecule has 0 aliphatic rings. The summed E-state index contributed by atoms with van der Waals surface area (Å²) in [5.74, 6) is -1.81. The van der Waals surface area contributed by atoms with Crippen LogP contribution in [0.2, 0.25) is 0 Å². The van der Waals surface area contributed by atoms with E-state index < -0.39 is 17.5 Å². The predicted molar refractivity (Wildman–Crippen MR) is 97.9 cm³/mol. The van der Waals surface area contributed by atoms with Crippen LogP contribution in [0.3, 0.4) is 0 Å². The Bertz CT molecular complexity index is 942. The maximum absolute atomic E-state index is 13.7. The zero-order valence-electron chi connectivity index (χ0n) is 13.4. The number of benzene rings is 2. The van der Waals surface area contributed by atoms with E-state index in [2.05, 4.69) is 31.4 Å². The van der Waals surface area contributed by atoms with Gasteiger partial charge >= 0.3 is 0 Å². The molecule has 2 aromatic carbocycles. The first-order valence-corrected chi connectivity index (χ1v) is 9.18. The number of halogens is 3. The second-order valence-electron chi connectivity index (χ2n) is 5.32. The second kappa shape index (κ2) is 7.96. The van der Waals surface area contributed by atoms with Gasteiger partial charge in [0, 0.05) is 16.1 Å². The molecule has 134 valence electrons. The van der Waals surface area contributed by atoms with E-state index in [9.17, 15) is 13.6 Å². The molecule has 1 amide bonds. The van der Waals surface area contributed by atoms with Gasteiger partial charge in [0.05, 0.1) is 11.4 Å². The van der Waals surface area contributed by atoms with Crippen molar-refractivity contribution in [2.45, 2.75) is 12.1 Å². The van der Waals surface area contributed by atoms with Gasteiger partial charge in [-0.3, -0.25) is 4.79 Å². The zero-order chi connectivity index (χ0) is 18.7. The lowest BCUT2D eigenvalue weighted by Gasteiger charge is -2.08. The number of hydrogen-bond donors (Lipinski definition) is 1. The van der Waals surface area contributed by atoms with E-state index in [1.807, 2.05) is 31.2 Å². The number of aryl methyl sites for hydroxylation is 1. The Hall–Kier alpha value is -2.26. The van der Waals surface area contributed by atoms with Gasteiger partial charge in [-0.15, -0.1) is 10.2 Å². The normalized spacial score (nSPS) is 10.8. The monoisotopic (exact) mass is 439 g/mol. The van der Waals surface area contributed by atoms with Crippen LogP contribution in [0.15, 0.2) is 50.5 Å². The third-order valence-corrected chi connectivity index (χ3v) is 4.71. The van der Waals surface area contributed by atoms with Crippen LogP contribution >= 0.6 is 27.7 Å². The van der Waals surface area contributed by atoms with Gasteiger partial charge in [0.15, 0.2) is 5.82 Å². The lowest BCUT2D eigenvalue weighted by molar-refractivity contribution is -0.113. The van der Waals surface area contributed by atoms with Gasteiger partial charge in [0.1, 0.15) is 5.82 Å². The number of nitrogens with zero attached hydrogens (tertiary/aromatic N) is 2. The van der Waals surface area contributed by atoms with Crippen molar-refractivity contribution in [2.24, 2.45) is 0 Å². The van der Waals surface area contributed by atoms with Crippen LogP contribution in [0.25, 0.3) is 11.5 Å². The van der Waals surface area contributed by atoms with E-state index in [1.165, 1.54) is 0 Å². The predicted octanol–water partition coefficient (Wildman–Crippen LogP) is 4.82. The molecule has 0 unspecified atom stereocenters. The molecule has 5 nitrogen and oxygen atoms in total. The van der Waals surface area contributed by atoms with Gasteiger partial charge in [-0.05, 0) is 41.1 Å². The van der Waals surface area contributed by atoms with Crippen LogP contribution in [-0.4, -0.2) is 21.9 Å². The van der Waals surface area contributed by atoms with E-state index in [1.54, 1.807) is 0 Å². The fourth-order valence-corrected chi connectivity index (χ4v) is 3.20. The molecule has 1 aromatic heterocycles. The van der Waals surface area contributed by atoms with E-state index >= 15 is 0 Å². The fourth-order valence-electron chi connectivity index (χ4n) is 2.13. The van der Waals surface area contributed by atoms with Gasteiger partial charge in [-0.1, -0.05) is 29.5 Å². The Morgan fingerprint density at radius 1 is 1.27 bits per heavy atom. The maximum atomic E-state index is 13.7. The molecule has 1 heterocycles. The molecule has 3 rings (SSSR count). The van der Waals surface area contributed by atoms with E-state index in [-0.39, 0.29) is 21.1 Å². The van der Waals surface area contributed by atoms with Crippen molar-refractivity contribution in [1.29, 1.82) is 0 Å². The van der Waals surface area contributed by atoms with Crippen LogP contribution in [0, 0.1) is 18.6 Å². The first-order valence-electron chi connectivity index (χ1n) is 7.40. The molecule has 0 fully saturated rings. The number of rotatable bonds is 5. The summed E-state index contributed by atoms with van der Waals surface area (Å²) >= 11 is 4.03. The van der Waals surface area contributed by atoms with Gasteiger partial charge in [-0.2, -0.15) is 0 Å². The quantitative estimate of drug-likeness (QED) is 0.577. The maximum Gasteiger partial charge on any atom is 0.277 e. The highest BCUT2D eigenvalue weighted by Crippen LogP contribution is 2.28. The lowest BCUT2D eigenvalue weighted by atomic mass is 10.1. The smallest absolute Gasteiger partial charge is 0.277 e. The largest absolute Gasteiger partial charge is 0.411 e. The highest BCUT2D eigenvalue weighted by atomic mass is 79.9. The number of thioether (sulfide) groups is 1. The Morgan fingerprint density at radius 2 is 2.08 bits per heavy atom. The summed E-state index contributed by atoms with van der Waals surface area (Å²) in [6, 6.07) is 9.34. The summed E-state index contributed by atoms with van der Waals surface area (Å²) in [5, 5.41) is 10.4. The van der Waals surface area contributed by atoms with Crippen molar-refractivity contribution in [3.63, 3.8) is 0 Å². The topological polar surface area (TPSA) is 68.0 Å². The summed E-state index contributed by atoms with van der Waals surface area (Å²) < 4.78 is 32.4. The fraction of sp³-hybridized carbons (Fsp3) is 0.118. The van der Waals surface area contributed by atoms with Crippen LogP contribution in [0.4, 0.5) is 14.5 Å². The minimum Gasteiger partial charge on any atom is -0.411 e. The van der Waals surface area contributed by atoms with Crippen molar-refractivity contribution >= 4 is 39.3 Å². The van der Waals surface area contributed by atoms with Crippen molar-refractivity contribution in [2.75, 3.05) is 11.1 Å². The Morgan fingerprint density at radius 3 is 2.81 bits per heavy atom. The molecule has 0 aliphatic carbocycles. The van der Waals surface area contributed by atoms with Gasteiger partial charge in [0.25, 0.3) is 5.22 Å². The van der Waals surface area contributed by atoms with Gasteiger partial charge in [0.2, 0.25) is 11.8 Å². The molecule has 0 spiro atoms. The van der Waals surface area contributed by atoms with E-state index in [4.69, 9.17) is 4.42 Å². The van der Waals surface area contributed by atoms with Crippen LogP contribution in [-0.2, 0) is 4.79 Å². The molecule has 1 N–H and O–H groups in total. The van der Waals surface area contributed by atoms with Crippen molar-refractivity contribution in [1.82, 2.24) is 10.2 Å². The Kier molecular flexibility index (Phi) is 5.67. The number of hydrogen-bond acceptors (Lipinski definition) is 5. The lowest BCUT2D eigenvalue weighted by Crippen LogP contribution is -2.15.